The van der Waals surface area contributed by atoms with Crippen molar-refractivity contribution >= 4 is 0 Å². The summed E-state index contributed by atoms with van der Waals surface area (Å²) in [6.07, 6.45) is 7.19. The van der Waals surface area contributed by atoms with Crippen LogP contribution in [0, 0.1) is 0 Å². The second-order valence-corrected chi connectivity index (χ2v) is 4.91. The van der Waals surface area contributed by atoms with Crippen LogP contribution in [0.25, 0.3) is 0 Å². The molecular formula is C15H23NO. The zero-order chi connectivity index (χ0) is 12.1. The predicted molar refractivity (Wildman–Crippen MR) is 71.3 cm³/mol. The molecule has 0 heterocycles. The molecule has 0 bridgehead atoms. The Morgan fingerprint density at radius 3 is 3.00 bits per heavy atom. The first kappa shape index (κ1) is 12.4. The first-order chi connectivity index (χ1) is 8.31. The van der Waals surface area contributed by atoms with E-state index in [-0.39, 0.29) is 6.04 Å². The zero-order valence-electron chi connectivity index (χ0n) is 10.7. The van der Waals surface area contributed by atoms with E-state index in [0.29, 0.717) is 0 Å². The number of hydrogen-bond donors (Lipinski definition) is 1. The molecule has 2 N–H and O–H groups in total. The Labute approximate surface area is 104 Å². The summed E-state index contributed by atoms with van der Waals surface area (Å²) in [6.45, 7) is 3.06. The van der Waals surface area contributed by atoms with Crippen LogP contribution in [0.4, 0.5) is 0 Å². The molecule has 94 valence electrons. The minimum Gasteiger partial charge on any atom is -0.494 e. The van der Waals surface area contributed by atoms with Crippen LogP contribution in [0.15, 0.2) is 18.2 Å². The fourth-order valence-electron chi connectivity index (χ4n) is 2.44. The first-order valence-corrected chi connectivity index (χ1v) is 6.82. The molecule has 0 radical (unpaired) electrons. The molecule has 2 heteroatoms. The molecule has 0 spiro atoms. The Bertz CT molecular complexity index is 362. The number of benzene rings is 1. The highest BCUT2D eigenvalue weighted by molar-refractivity contribution is 5.40. The molecule has 1 aliphatic rings. The van der Waals surface area contributed by atoms with E-state index in [1.165, 1.54) is 30.4 Å². The summed E-state index contributed by atoms with van der Waals surface area (Å²) in [6, 6.07) is 6.60. The molecule has 0 unspecified atom stereocenters. The van der Waals surface area contributed by atoms with Gasteiger partial charge in [0, 0.05) is 6.04 Å². The summed E-state index contributed by atoms with van der Waals surface area (Å²) < 4.78 is 5.77. The molecule has 0 aliphatic heterocycles. The first-order valence-electron chi connectivity index (χ1n) is 6.82. The standard InChI is InChI=1S/C15H23NO/c1-2-3-4-5-10-17-13-7-8-14-12(11-13)6-9-15(14)16/h7-8,11,15H,2-6,9-10,16H2,1H3/t15-/m0/s1. The van der Waals surface area contributed by atoms with Gasteiger partial charge in [0.05, 0.1) is 6.61 Å². The highest BCUT2D eigenvalue weighted by Gasteiger charge is 2.18. The van der Waals surface area contributed by atoms with Crippen LogP contribution in [-0.4, -0.2) is 6.61 Å². The number of rotatable bonds is 6. The van der Waals surface area contributed by atoms with Gasteiger partial charge in [-0.3, -0.25) is 0 Å². The Morgan fingerprint density at radius 2 is 2.18 bits per heavy atom. The van der Waals surface area contributed by atoms with Crippen molar-refractivity contribution in [2.45, 2.75) is 51.5 Å². The van der Waals surface area contributed by atoms with Gasteiger partial charge < -0.3 is 10.5 Å². The zero-order valence-corrected chi connectivity index (χ0v) is 10.7. The third-order valence-corrected chi connectivity index (χ3v) is 3.51. The van der Waals surface area contributed by atoms with Gasteiger partial charge in [0.25, 0.3) is 0 Å². The molecule has 1 aliphatic carbocycles. The molecule has 0 saturated heterocycles. The third-order valence-electron chi connectivity index (χ3n) is 3.51. The van der Waals surface area contributed by atoms with Crippen LogP contribution in [0.1, 0.15) is 56.2 Å². The van der Waals surface area contributed by atoms with Crippen LogP contribution in [-0.2, 0) is 6.42 Å². The Balaban J connectivity index is 1.82. The number of fused-ring (bicyclic) bond motifs is 1. The normalized spacial score (nSPS) is 18.1. The van der Waals surface area contributed by atoms with Gasteiger partial charge in [-0.15, -0.1) is 0 Å². The van der Waals surface area contributed by atoms with Crippen molar-refractivity contribution in [1.82, 2.24) is 0 Å². The average molecular weight is 233 g/mol. The fraction of sp³-hybridized carbons (Fsp3) is 0.600. The minimum atomic E-state index is 0.239. The van der Waals surface area contributed by atoms with Crippen LogP contribution in [0.5, 0.6) is 5.75 Å². The maximum absolute atomic E-state index is 6.01. The minimum absolute atomic E-state index is 0.239. The summed E-state index contributed by atoms with van der Waals surface area (Å²) in [4.78, 5) is 0. The second kappa shape index (κ2) is 6.06. The number of unbranched alkanes of at least 4 members (excludes halogenated alkanes) is 3. The van der Waals surface area contributed by atoms with E-state index in [4.69, 9.17) is 10.5 Å². The van der Waals surface area contributed by atoms with Crippen LogP contribution in [0.3, 0.4) is 0 Å². The van der Waals surface area contributed by atoms with Crippen LogP contribution >= 0.6 is 0 Å². The van der Waals surface area contributed by atoms with Gasteiger partial charge in [0.1, 0.15) is 5.75 Å². The monoisotopic (exact) mass is 233 g/mol. The summed E-state index contributed by atoms with van der Waals surface area (Å²) in [5.41, 5.74) is 8.70. The molecule has 1 aromatic carbocycles. The molecular weight excluding hydrogens is 210 g/mol. The molecule has 1 atom stereocenters. The second-order valence-electron chi connectivity index (χ2n) is 4.91. The van der Waals surface area contributed by atoms with Crippen molar-refractivity contribution in [2.24, 2.45) is 5.73 Å². The molecule has 0 fully saturated rings. The maximum Gasteiger partial charge on any atom is 0.119 e. The number of hydrogen-bond acceptors (Lipinski definition) is 2. The predicted octanol–water partition coefficient (Wildman–Crippen LogP) is 3.59. The molecule has 2 nitrogen and oxygen atoms in total. The number of nitrogens with two attached hydrogens (primary N) is 1. The summed E-state index contributed by atoms with van der Waals surface area (Å²) in [5.74, 6) is 1.01. The fourth-order valence-corrected chi connectivity index (χ4v) is 2.44. The van der Waals surface area contributed by atoms with Crippen molar-refractivity contribution in [3.63, 3.8) is 0 Å². The molecule has 0 saturated carbocycles. The van der Waals surface area contributed by atoms with Crippen molar-refractivity contribution in [2.75, 3.05) is 6.61 Å². The molecule has 2 rings (SSSR count). The van der Waals surface area contributed by atoms with Crippen molar-refractivity contribution in [1.29, 1.82) is 0 Å². The van der Waals surface area contributed by atoms with E-state index in [1.807, 2.05) is 0 Å². The molecule has 0 amide bonds. The molecule has 17 heavy (non-hydrogen) atoms. The third kappa shape index (κ3) is 3.22. The van der Waals surface area contributed by atoms with Gasteiger partial charge in [-0.1, -0.05) is 32.3 Å². The van der Waals surface area contributed by atoms with Gasteiger partial charge >= 0.3 is 0 Å². The quantitative estimate of drug-likeness (QED) is 0.762. The van der Waals surface area contributed by atoms with E-state index in [0.717, 1.165) is 31.6 Å². The van der Waals surface area contributed by atoms with E-state index in [9.17, 15) is 0 Å². The van der Waals surface area contributed by atoms with Gasteiger partial charge in [0.2, 0.25) is 0 Å². The van der Waals surface area contributed by atoms with Gasteiger partial charge in [-0.2, -0.15) is 0 Å². The topological polar surface area (TPSA) is 35.2 Å². The maximum atomic E-state index is 6.01. The highest BCUT2D eigenvalue weighted by Crippen LogP contribution is 2.31. The highest BCUT2D eigenvalue weighted by atomic mass is 16.5. The van der Waals surface area contributed by atoms with E-state index in [1.54, 1.807) is 0 Å². The van der Waals surface area contributed by atoms with Crippen LogP contribution < -0.4 is 10.5 Å². The summed E-state index contributed by atoms with van der Waals surface area (Å²) in [5, 5.41) is 0. The summed E-state index contributed by atoms with van der Waals surface area (Å²) in [7, 11) is 0. The SMILES string of the molecule is CCCCCCOc1ccc2c(c1)CC[C@@H]2N. The number of aryl methyl sites for hydroxylation is 1. The van der Waals surface area contributed by atoms with Gasteiger partial charge in [-0.25, -0.2) is 0 Å². The van der Waals surface area contributed by atoms with E-state index in [2.05, 4.69) is 25.1 Å². The Hall–Kier alpha value is -1.02. The van der Waals surface area contributed by atoms with E-state index < -0.39 is 0 Å². The van der Waals surface area contributed by atoms with Crippen molar-refractivity contribution in [3.8, 4) is 5.75 Å². The van der Waals surface area contributed by atoms with Crippen molar-refractivity contribution < 1.29 is 4.74 Å². The lowest BCUT2D eigenvalue weighted by atomic mass is 10.1. The van der Waals surface area contributed by atoms with Crippen LogP contribution in [0.2, 0.25) is 0 Å². The van der Waals surface area contributed by atoms with Gasteiger partial charge in [-0.05, 0) is 42.5 Å². The van der Waals surface area contributed by atoms with E-state index >= 15 is 0 Å². The van der Waals surface area contributed by atoms with Gasteiger partial charge in [0.15, 0.2) is 0 Å². The average Bonchev–Trinajstić information content (AvgIpc) is 2.71. The lowest BCUT2D eigenvalue weighted by Gasteiger charge is -2.09. The smallest absolute Gasteiger partial charge is 0.119 e. The Kier molecular flexibility index (Phi) is 4.43. The summed E-state index contributed by atoms with van der Waals surface area (Å²) >= 11 is 0. The molecule has 0 aromatic heterocycles. The number of ether oxygens (including phenoxy) is 1. The molecule has 1 aromatic rings. The Morgan fingerprint density at radius 1 is 1.29 bits per heavy atom. The largest absolute Gasteiger partial charge is 0.494 e. The lowest BCUT2D eigenvalue weighted by molar-refractivity contribution is 0.305. The van der Waals surface area contributed by atoms with Crippen molar-refractivity contribution in [3.05, 3.63) is 29.3 Å². The lowest BCUT2D eigenvalue weighted by Crippen LogP contribution is -2.05.